The summed E-state index contributed by atoms with van der Waals surface area (Å²) in [5.41, 5.74) is 2.45. The Morgan fingerprint density at radius 1 is 1.11 bits per heavy atom. The summed E-state index contributed by atoms with van der Waals surface area (Å²) in [6.07, 6.45) is 0.216. The van der Waals surface area contributed by atoms with Crippen molar-refractivity contribution in [1.29, 1.82) is 0 Å². The molecule has 1 fully saturated rings. The van der Waals surface area contributed by atoms with Gasteiger partial charge in [0.2, 0.25) is 10.9 Å². The summed E-state index contributed by atoms with van der Waals surface area (Å²) < 4.78 is 42.6. The maximum Gasteiger partial charge on any atom is 0.443 e. The van der Waals surface area contributed by atoms with Gasteiger partial charge in [0.1, 0.15) is 28.3 Å². The molecular weight excluding hydrogens is 507 g/mol. The molecule has 6 rings (SSSR count). The molecule has 1 saturated heterocycles. The number of imidazole rings is 2. The Bertz CT molecular complexity index is 1570. The Morgan fingerprint density at radius 2 is 1.89 bits per heavy atom. The van der Waals surface area contributed by atoms with Gasteiger partial charge in [-0.05, 0) is 31.2 Å². The van der Waals surface area contributed by atoms with Crippen LogP contribution in [-0.2, 0) is 17.5 Å². The van der Waals surface area contributed by atoms with Gasteiger partial charge >= 0.3 is 6.18 Å². The number of aromatic nitrogens is 7. The normalized spacial score (nSPS) is 16.7. The second-order valence-corrected chi connectivity index (χ2v) is 9.71. The molecule has 6 heterocycles. The summed E-state index contributed by atoms with van der Waals surface area (Å²) in [6.45, 7) is 3.00. The summed E-state index contributed by atoms with van der Waals surface area (Å²) >= 11 is 0.580. The lowest BCUT2D eigenvalue weighted by atomic mass is 10.2. The van der Waals surface area contributed by atoms with Crippen molar-refractivity contribution in [3.05, 3.63) is 48.0 Å². The van der Waals surface area contributed by atoms with E-state index >= 15 is 0 Å². The van der Waals surface area contributed by atoms with E-state index in [0.29, 0.717) is 58.3 Å². The minimum Gasteiger partial charge on any atom is -0.358 e. The molecule has 0 bridgehead atoms. The van der Waals surface area contributed by atoms with Crippen LogP contribution in [0.25, 0.3) is 33.8 Å². The molecule has 1 aliphatic rings. The summed E-state index contributed by atoms with van der Waals surface area (Å²) in [6, 6.07) is 6.79. The fourth-order valence-electron chi connectivity index (χ4n) is 4.52. The van der Waals surface area contributed by atoms with Crippen LogP contribution in [0.15, 0.2) is 43.0 Å². The fraction of sp³-hybridized carbons (Fsp3) is 0.304. The number of hydrogen-bond acceptors (Lipinski definition) is 8. The van der Waals surface area contributed by atoms with Gasteiger partial charge in [-0.15, -0.1) is 0 Å². The van der Waals surface area contributed by atoms with E-state index < -0.39 is 11.2 Å². The third-order valence-corrected chi connectivity index (χ3v) is 7.41. The number of hydrogen-bond donors (Lipinski definition) is 1. The third-order valence-electron chi connectivity index (χ3n) is 6.25. The lowest BCUT2D eigenvalue weighted by Gasteiger charge is -2.40. The van der Waals surface area contributed by atoms with Crippen LogP contribution in [0.1, 0.15) is 11.9 Å². The highest BCUT2D eigenvalue weighted by Crippen LogP contribution is 2.42. The van der Waals surface area contributed by atoms with Crippen molar-refractivity contribution in [3.63, 3.8) is 0 Å². The maximum absolute atomic E-state index is 13.6. The molecule has 0 aliphatic carbocycles. The maximum atomic E-state index is 13.6. The van der Waals surface area contributed by atoms with Gasteiger partial charge in [0.25, 0.3) is 0 Å². The predicted octanol–water partition coefficient (Wildman–Crippen LogP) is 3.58. The second-order valence-electron chi connectivity index (χ2n) is 8.73. The summed E-state index contributed by atoms with van der Waals surface area (Å²) in [5, 5.41) is -0.591. The van der Waals surface area contributed by atoms with E-state index in [1.54, 1.807) is 46.4 Å². The first-order chi connectivity index (χ1) is 17.8. The highest BCUT2D eigenvalue weighted by molar-refractivity contribution is 7.16. The zero-order chi connectivity index (χ0) is 25.7. The molecule has 1 atom stereocenters. The largest absolute Gasteiger partial charge is 0.443 e. The summed E-state index contributed by atoms with van der Waals surface area (Å²) in [4.78, 5) is 40.8. The number of alkyl halides is 3. The second kappa shape index (κ2) is 8.80. The Kier molecular flexibility index (Phi) is 5.55. The third kappa shape index (κ3) is 4.26. The number of nitrogens with one attached hydrogen (secondary N) is 1. The molecule has 0 unspecified atom stereocenters. The van der Waals surface area contributed by atoms with Gasteiger partial charge in [0, 0.05) is 38.1 Å². The van der Waals surface area contributed by atoms with Crippen molar-refractivity contribution < 1.29 is 18.0 Å². The zero-order valence-corrected chi connectivity index (χ0v) is 20.3. The summed E-state index contributed by atoms with van der Waals surface area (Å²) in [7, 11) is 0. The minimum absolute atomic E-state index is 0.0772. The van der Waals surface area contributed by atoms with Crippen molar-refractivity contribution in [2.75, 3.05) is 24.5 Å². The van der Waals surface area contributed by atoms with Gasteiger partial charge in [-0.1, -0.05) is 11.3 Å². The van der Waals surface area contributed by atoms with E-state index in [1.807, 2.05) is 17.9 Å². The van der Waals surface area contributed by atoms with Crippen LogP contribution in [0.5, 0.6) is 0 Å². The molecule has 10 nitrogen and oxygen atoms in total. The number of rotatable bonds is 4. The SMILES string of the molecule is C[C@@H]1CN(c2sc(C(F)(F)F)nc2-c2nc3cccnc3[nH]2)CCN1C(=O)Cn1cnc2cccnc21. The number of H-pyrrole nitrogens is 1. The van der Waals surface area contributed by atoms with Crippen molar-refractivity contribution >= 4 is 44.6 Å². The Morgan fingerprint density at radius 3 is 2.65 bits per heavy atom. The minimum atomic E-state index is -4.59. The standard InChI is InChI=1S/C23H20F3N9OS/c1-13-10-33(8-9-35(13)16(36)11-34-12-29-15-5-3-7-28-20(15)34)21-17(31-22(37-21)23(24,25)26)19-30-14-4-2-6-27-18(14)32-19/h2-7,12-13H,8-11H2,1H3,(H,27,30,32)/t13-/m1/s1. The van der Waals surface area contributed by atoms with E-state index in [4.69, 9.17) is 0 Å². The molecule has 14 heteroatoms. The number of aromatic amines is 1. The van der Waals surface area contributed by atoms with Crippen molar-refractivity contribution in [2.45, 2.75) is 25.7 Å². The molecule has 5 aromatic heterocycles. The quantitative estimate of drug-likeness (QED) is 0.381. The number of fused-ring (bicyclic) bond motifs is 2. The molecule has 1 N–H and O–H groups in total. The van der Waals surface area contributed by atoms with Crippen LogP contribution in [-0.4, -0.2) is 71.0 Å². The monoisotopic (exact) mass is 527 g/mol. The van der Waals surface area contributed by atoms with Crippen LogP contribution in [0, 0.1) is 0 Å². The Balaban J connectivity index is 1.25. The van der Waals surface area contributed by atoms with Crippen molar-refractivity contribution in [2.24, 2.45) is 0 Å². The smallest absolute Gasteiger partial charge is 0.358 e. The summed E-state index contributed by atoms with van der Waals surface area (Å²) in [5.74, 6) is 0.113. The molecule has 190 valence electrons. The number of carbonyl (C=O) groups excluding carboxylic acids is 1. The molecule has 1 amide bonds. The average molecular weight is 528 g/mol. The topological polar surface area (TPSA) is 109 Å². The number of amides is 1. The highest BCUT2D eigenvalue weighted by Gasteiger charge is 2.39. The molecule has 5 aromatic rings. The first-order valence-corrected chi connectivity index (χ1v) is 12.3. The van der Waals surface area contributed by atoms with E-state index in [1.165, 1.54) is 0 Å². The van der Waals surface area contributed by atoms with Crippen molar-refractivity contribution in [3.8, 4) is 11.5 Å². The predicted molar refractivity (Wildman–Crippen MR) is 131 cm³/mol. The number of pyridine rings is 2. The van der Waals surface area contributed by atoms with Crippen LogP contribution < -0.4 is 4.90 Å². The zero-order valence-electron chi connectivity index (χ0n) is 19.5. The van der Waals surface area contributed by atoms with Crippen LogP contribution in [0.4, 0.5) is 18.2 Å². The van der Waals surface area contributed by atoms with Gasteiger partial charge < -0.3 is 19.4 Å². The molecule has 37 heavy (non-hydrogen) atoms. The molecule has 0 radical (unpaired) electrons. The van der Waals surface area contributed by atoms with Crippen LogP contribution >= 0.6 is 11.3 Å². The molecule has 0 saturated carbocycles. The lowest BCUT2D eigenvalue weighted by molar-refractivity contribution is -0.137. The first kappa shape index (κ1) is 23.3. The number of piperazine rings is 1. The van der Waals surface area contributed by atoms with Crippen LogP contribution in [0.2, 0.25) is 0 Å². The lowest BCUT2D eigenvalue weighted by Crippen LogP contribution is -2.54. The van der Waals surface area contributed by atoms with Gasteiger partial charge in [0.05, 0.1) is 6.33 Å². The highest BCUT2D eigenvalue weighted by atomic mass is 32.1. The van der Waals surface area contributed by atoms with Gasteiger partial charge in [-0.2, -0.15) is 13.2 Å². The van der Waals surface area contributed by atoms with E-state index in [2.05, 4.69) is 29.9 Å². The number of halogens is 3. The first-order valence-electron chi connectivity index (χ1n) is 11.5. The number of anilines is 1. The van der Waals surface area contributed by atoms with Crippen molar-refractivity contribution in [1.82, 2.24) is 39.4 Å². The van der Waals surface area contributed by atoms with Gasteiger partial charge in [0.15, 0.2) is 17.1 Å². The molecule has 0 aromatic carbocycles. The van der Waals surface area contributed by atoms with E-state index in [0.717, 1.165) is 0 Å². The van der Waals surface area contributed by atoms with Crippen LogP contribution in [0.3, 0.4) is 0 Å². The number of nitrogens with zero attached hydrogens (tertiary/aromatic N) is 8. The number of thiazole rings is 1. The Labute approximate surface area is 211 Å². The number of carbonyl (C=O) groups is 1. The molecule has 0 spiro atoms. The fourth-order valence-corrected chi connectivity index (χ4v) is 5.49. The van der Waals surface area contributed by atoms with E-state index in [9.17, 15) is 18.0 Å². The molecular formula is C23H20F3N9OS. The Hall–Kier alpha value is -4.07. The van der Waals surface area contributed by atoms with Gasteiger partial charge in [-0.25, -0.2) is 24.9 Å². The average Bonchev–Trinajstić information content (AvgIpc) is 3.60. The van der Waals surface area contributed by atoms with Gasteiger partial charge in [-0.3, -0.25) is 4.79 Å². The molecule has 1 aliphatic heterocycles. The van der Waals surface area contributed by atoms with E-state index in [-0.39, 0.29) is 30.0 Å².